The third-order valence-corrected chi connectivity index (χ3v) is 5.02. The SMILES string of the molecule is CC(=O)C1CCC(NC(=O)CCOCCOCCN(C(C)=O)C(C)C)CC1. The lowest BCUT2D eigenvalue weighted by Crippen LogP contribution is -2.38. The fraction of sp³-hybridized carbons (Fsp3) is 0.850. The number of Topliss-reactive ketones (excluding diaryl/α,β-unsaturated/α-hetero) is 1. The van der Waals surface area contributed by atoms with Crippen molar-refractivity contribution >= 4 is 17.6 Å². The second-order valence-corrected chi connectivity index (χ2v) is 7.51. The Morgan fingerprint density at radius 3 is 2.07 bits per heavy atom. The first kappa shape index (κ1) is 23.6. The monoisotopic (exact) mass is 384 g/mol. The molecule has 1 saturated carbocycles. The van der Waals surface area contributed by atoms with Crippen LogP contribution >= 0.6 is 0 Å². The molecule has 1 fully saturated rings. The van der Waals surface area contributed by atoms with Gasteiger partial charge in [0.2, 0.25) is 11.8 Å². The largest absolute Gasteiger partial charge is 0.379 e. The summed E-state index contributed by atoms with van der Waals surface area (Å²) in [4.78, 5) is 36.5. The Kier molecular flexibility index (Phi) is 11.2. The maximum Gasteiger partial charge on any atom is 0.222 e. The number of nitrogens with one attached hydrogen (secondary N) is 1. The number of amides is 2. The molecule has 0 saturated heterocycles. The van der Waals surface area contributed by atoms with Crippen LogP contribution in [0.15, 0.2) is 0 Å². The van der Waals surface area contributed by atoms with Gasteiger partial charge in [-0.3, -0.25) is 14.4 Å². The van der Waals surface area contributed by atoms with Crippen LogP contribution in [0.4, 0.5) is 0 Å². The van der Waals surface area contributed by atoms with Crippen molar-refractivity contribution in [2.45, 2.75) is 71.9 Å². The molecule has 0 aromatic carbocycles. The Morgan fingerprint density at radius 1 is 0.963 bits per heavy atom. The van der Waals surface area contributed by atoms with Gasteiger partial charge in [-0.1, -0.05) is 0 Å². The summed E-state index contributed by atoms with van der Waals surface area (Å²) in [7, 11) is 0. The molecule has 0 aliphatic heterocycles. The third kappa shape index (κ3) is 9.86. The quantitative estimate of drug-likeness (QED) is 0.520. The highest BCUT2D eigenvalue weighted by Crippen LogP contribution is 2.24. The van der Waals surface area contributed by atoms with Gasteiger partial charge in [-0.25, -0.2) is 0 Å². The van der Waals surface area contributed by atoms with E-state index in [0.717, 1.165) is 25.7 Å². The van der Waals surface area contributed by atoms with Crippen LogP contribution in [0.2, 0.25) is 0 Å². The summed E-state index contributed by atoms with van der Waals surface area (Å²) in [6.07, 6.45) is 3.81. The van der Waals surface area contributed by atoms with Crippen LogP contribution < -0.4 is 5.32 Å². The molecule has 27 heavy (non-hydrogen) atoms. The summed E-state index contributed by atoms with van der Waals surface area (Å²) in [5, 5.41) is 3.02. The lowest BCUT2D eigenvalue weighted by molar-refractivity contribution is -0.131. The minimum absolute atomic E-state index is 0.00349. The predicted molar refractivity (Wildman–Crippen MR) is 103 cm³/mol. The topological polar surface area (TPSA) is 84.9 Å². The second-order valence-electron chi connectivity index (χ2n) is 7.51. The molecule has 0 atom stereocenters. The Hall–Kier alpha value is -1.47. The first-order valence-corrected chi connectivity index (χ1v) is 10.0. The molecule has 1 aliphatic carbocycles. The highest BCUT2D eigenvalue weighted by molar-refractivity contribution is 5.78. The average molecular weight is 385 g/mol. The van der Waals surface area contributed by atoms with E-state index < -0.39 is 0 Å². The molecule has 0 radical (unpaired) electrons. The molecular formula is C20H36N2O5. The van der Waals surface area contributed by atoms with Gasteiger partial charge in [-0.15, -0.1) is 0 Å². The van der Waals surface area contributed by atoms with Crippen LogP contribution in [0.5, 0.6) is 0 Å². The zero-order valence-electron chi connectivity index (χ0n) is 17.3. The van der Waals surface area contributed by atoms with Crippen LogP contribution in [0.3, 0.4) is 0 Å². The molecule has 0 unspecified atom stereocenters. The number of hydrogen-bond donors (Lipinski definition) is 1. The van der Waals surface area contributed by atoms with Gasteiger partial charge >= 0.3 is 0 Å². The molecule has 0 spiro atoms. The van der Waals surface area contributed by atoms with Crippen molar-refractivity contribution in [2.75, 3.05) is 33.0 Å². The van der Waals surface area contributed by atoms with Crippen molar-refractivity contribution in [3.63, 3.8) is 0 Å². The fourth-order valence-corrected chi connectivity index (χ4v) is 3.37. The maximum atomic E-state index is 11.9. The van der Waals surface area contributed by atoms with E-state index in [1.165, 1.54) is 0 Å². The Morgan fingerprint density at radius 2 is 1.56 bits per heavy atom. The molecular weight excluding hydrogens is 348 g/mol. The summed E-state index contributed by atoms with van der Waals surface area (Å²) < 4.78 is 10.9. The van der Waals surface area contributed by atoms with Gasteiger partial charge in [0.15, 0.2) is 0 Å². The van der Waals surface area contributed by atoms with E-state index in [4.69, 9.17) is 9.47 Å². The highest BCUT2D eigenvalue weighted by atomic mass is 16.5. The molecule has 0 heterocycles. The summed E-state index contributed by atoms with van der Waals surface area (Å²) in [5.41, 5.74) is 0. The number of ketones is 1. The van der Waals surface area contributed by atoms with Crippen molar-refractivity contribution in [3.05, 3.63) is 0 Å². The van der Waals surface area contributed by atoms with Crippen LogP contribution in [0.1, 0.15) is 59.8 Å². The standard InChI is InChI=1S/C20H36N2O5/c1-15(2)22(17(4)24)10-12-27-14-13-26-11-9-20(25)21-19-7-5-18(6-8-19)16(3)23/h15,18-19H,5-14H2,1-4H3,(H,21,25). The Labute approximate surface area is 163 Å². The first-order valence-electron chi connectivity index (χ1n) is 10.0. The van der Waals surface area contributed by atoms with E-state index in [0.29, 0.717) is 39.4 Å². The second kappa shape index (κ2) is 12.8. The molecule has 1 N–H and O–H groups in total. The van der Waals surface area contributed by atoms with Gasteiger partial charge in [0.05, 0.1) is 26.4 Å². The maximum absolute atomic E-state index is 11.9. The number of rotatable bonds is 12. The zero-order chi connectivity index (χ0) is 20.2. The Bertz CT molecular complexity index is 473. The van der Waals surface area contributed by atoms with Gasteiger partial charge in [-0.2, -0.15) is 0 Å². The van der Waals surface area contributed by atoms with E-state index in [2.05, 4.69) is 5.32 Å². The molecule has 0 bridgehead atoms. The van der Waals surface area contributed by atoms with Crippen molar-refractivity contribution in [3.8, 4) is 0 Å². The normalized spacial score (nSPS) is 19.7. The smallest absolute Gasteiger partial charge is 0.222 e. The number of carbonyl (C=O) groups is 3. The van der Waals surface area contributed by atoms with E-state index >= 15 is 0 Å². The highest BCUT2D eigenvalue weighted by Gasteiger charge is 2.24. The number of hydrogen-bond acceptors (Lipinski definition) is 5. The van der Waals surface area contributed by atoms with E-state index in [-0.39, 0.29) is 35.6 Å². The number of carbonyl (C=O) groups excluding carboxylic acids is 3. The molecule has 2 amide bonds. The first-order chi connectivity index (χ1) is 12.8. The average Bonchev–Trinajstić information content (AvgIpc) is 2.60. The lowest BCUT2D eigenvalue weighted by atomic mass is 9.84. The van der Waals surface area contributed by atoms with Crippen molar-refractivity contribution in [1.29, 1.82) is 0 Å². The minimum Gasteiger partial charge on any atom is -0.379 e. The molecule has 0 aromatic rings. The van der Waals surface area contributed by atoms with Crippen molar-refractivity contribution < 1.29 is 23.9 Å². The molecule has 1 aliphatic rings. The summed E-state index contributed by atoms with van der Waals surface area (Å²) in [6, 6.07) is 0.347. The number of ether oxygens (including phenoxy) is 2. The van der Waals surface area contributed by atoms with Crippen molar-refractivity contribution in [2.24, 2.45) is 5.92 Å². The molecule has 7 nitrogen and oxygen atoms in total. The van der Waals surface area contributed by atoms with Crippen LogP contribution in [0, 0.1) is 5.92 Å². The summed E-state index contributed by atoms with van der Waals surface area (Å²) in [6.45, 7) is 9.45. The third-order valence-electron chi connectivity index (χ3n) is 5.02. The number of nitrogens with zero attached hydrogens (tertiary/aromatic N) is 1. The molecule has 0 aromatic heterocycles. The lowest BCUT2D eigenvalue weighted by Gasteiger charge is -2.27. The zero-order valence-corrected chi connectivity index (χ0v) is 17.3. The Balaban J connectivity index is 2.00. The minimum atomic E-state index is -0.00349. The van der Waals surface area contributed by atoms with Gasteiger partial charge in [0, 0.05) is 37.9 Å². The van der Waals surface area contributed by atoms with Crippen LogP contribution in [-0.4, -0.2) is 67.6 Å². The molecule has 156 valence electrons. The van der Waals surface area contributed by atoms with Gasteiger partial charge < -0.3 is 19.7 Å². The van der Waals surface area contributed by atoms with Gasteiger partial charge in [0.1, 0.15) is 5.78 Å². The van der Waals surface area contributed by atoms with Crippen LogP contribution in [0.25, 0.3) is 0 Å². The van der Waals surface area contributed by atoms with E-state index in [1.807, 2.05) is 13.8 Å². The fourth-order valence-electron chi connectivity index (χ4n) is 3.37. The molecule has 1 rings (SSSR count). The van der Waals surface area contributed by atoms with Crippen LogP contribution in [-0.2, 0) is 23.9 Å². The van der Waals surface area contributed by atoms with Crippen molar-refractivity contribution in [1.82, 2.24) is 10.2 Å². The summed E-state index contributed by atoms with van der Waals surface area (Å²) >= 11 is 0. The van der Waals surface area contributed by atoms with Gasteiger partial charge in [-0.05, 0) is 46.5 Å². The van der Waals surface area contributed by atoms with E-state index in [1.54, 1.807) is 18.7 Å². The predicted octanol–water partition coefficient (Wildman–Crippen LogP) is 1.93. The molecule has 7 heteroatoms. The van der Waals surface area contributed by atoms with E-state index in [9.17, 15) is 14.4 Å². The van der Waals surface area contributed by atoms with Gasteiger partial charge in [0.25, 0.3) is 0 Å². The summed E-state index contributed by atoms with van der Waals surface area (Å²) in [5.74, 6) is 0.472.